The fourth-order valence-corrected chi connectivity index (χ4v) is 3.51. The van der Waals surface area contributed by atoms with Gasteiger partial charge in [0, 0.05) is 10.7 Å². The third-order valence-electron chi connectivity index (χ3n) is 2.81. The standard InChI is InChI=1S/C15H11ClN4O3S2/c16-9-3-1-4-10(7-9)17-12(21)8-24-15-20-19-14(25-15)18-13(22)11-5-2-6-23-11/h1-7H,8H2,(H,17,21)(H,18,19,22). The van der Waals surface area contributed by atoms with E-state index in [1.54, 1.807) is 36.4 Å². The highest BCUT2D eigenvalue weighted by Gasteiger charge is 2.13. The SMILES string of the molecule is O=C(CSc1nnc(NC(=O)c2ccco2)s1)Nc1cccc(Cl)c1. The van der Waals surface area contributed by atoms with E-state index >= 15 is 0 Å². The summed E-state index contributed by atoms with van der Waals surface area (Å²) in [6.07, 6.45) is 1.41. The molecule has 128 valence electrons. The van der Waals surface area contributed by atoms with Crippen molar-refractivity contribution in [3.05, 3.63) is 53.4 Å². The van der Waals surface area contributed by atoms with Gasteiger partial charge in [-0.05, 0) is 30.3 Å². The number of anilines is 2. The van der Waals surface area contributed by atoms with Crippen LogP contribution in [0.4, 0.5) is 10.8 Å². The molecule has 0 saturated heterocycles. The highest BCUT2D eigenvalue weighted by molar-refractivity contribution is 8.01. The molecule has 2 amide bonds. The van der Waals surface area contributed by atoms with E-state index in [0.717, 1.165) is 0 Å². The monoisotopic (exact) mass is 394 g/mol. The van der Waals surface area contributed by atoms with Crippen molar-refractivity contribution in [2.75, 3.05) is 16.4 Å². The number of carbonyl (C=O) groups is 2. The van der Waals surface area contributed by atoms with E-state index in [1.165, 1.54) is 29.4 Å². The van der Waals surface area contributed by atoms with Crippen LogP contribution in [0.2, 0.25) is 5.02 Å². The van der Waals surface area contributed by atoms with E-state index in [1.807, 2.05) is 0 Å². The third kappa shape index (κ3) is 5.05. The first-order chi connectivity index (χ1) is 12.1. The first kappa shape index (κ1) is 17.5. The lowest BCUT2D eigenvalue weighted by Crippen LogP contribution is -2.13. The Balaban J connectivity index is 1.50. The Morgan fingerprint density at radius 3 is 2.84 bits per heavy atom. The van der Waals surface area contributed by atoms with Gasteiger partial charge >= 0.3 is 0 Å². The van der Waals surface area contributed by atoms with Crippen molar-refractivity contribution in [3.63, 3.8) is 0 Å². The molecule has 0 atom stereocenters. The van der Waals surface area contributed by atoms with Crippen LogP contribution in [0.15, 0.2) is 51.4 Å². The number of rotatable bonds is 6. The van der Waals surface area contributed by atoms with Crippen LogP contribution in [0.5, 0.6) is 0 Å². The van der Waals surface area contributed by atoms with Gasteiger partial charge in [-0.25, -0.2) is 0 Å². The van der Waals surface area contributed by atoms with Crippen LogP contribution in [0.3, 0.4) is 0 Å². The van der Waals surface area contributed by atoms with Gasteiger partial charge in [-0.2, -0.15) is 0 Å². The minimum absolute atomic E-state index is 0.160. The van der Waals surface area contributed by atoms with Gasteiger partial charge < -0.3 is 9.73 Å². The molecule has 2 N–H and O–H groups in total. The molecule has 0 saturated carbocycles. The lowest BCUT2D eigenvalue weighted by molar-refractivity contribution is -0.113. The Labute approximate surface area is 155 Å². The van der Waals surface area contributed by atoms with Crippen LogP contribution in [0.25, 0.3) is 0 Å². The molecule has 0 unspecified atom stereocenters. The molecule has 0 fully saturated rings. The first-order valence-corrected chi connectivity index (χ1v) is 9.15. The van der Waals surface area contributed by atoms with Crippen molar-refractivity contribution in [2.45, 2.75) is 4.34 Å². The van der Waals surface area contributed by atoms with Gasteiger partial charge in [0.2, 0.25) is 11.0 Å². The van der Waals surface area contributed by atoms with Crippen molar-refractivity contribution in [3.8, 4) is 0 Å². The minimum Gasteiger partial charge on any atom is -0.459 e. The maximum atomic E-state index is 11.9. The Hall–Kier alpha value is -2.36. The van der Waals surface area contributed by atoms with Gasteiger partial charge in [-0.15, -0.1) is 10.2 Å². The molecule has 0 radical (unpaired) electrons. The van der Waals surface area contributed by atoms with Crippen molar-refractivity contribution in [1.82, 2.24) is 10.2 Å². The normalized spacial score (nSPS) is 10.4. The molecule has 2 heterocycles. The number of furan rings is 1. The minimum atomic E-state index is -0.406. The Bertz CT molecular complexity index is 883. The molecule has 3 aromatic rings. The molecule has 0 aliphatic carbocycles. The van der Waals surface area contributed by atoms with E-state index < -0.39 is 5.91 Å². The summed E-state index contributed by atoms with van der Waals surface area (Å²) in [5.41, 5.74) is 0.627. The van der Waals surface area contributed by atoms with Crippen LogP contribution in [0.1, 0.15) is 10.6 Å². The van der Waals surface area contributed by atoms with Crippen molar-refractivity contribution in [2.24, 2.45) is 0 Å². The predicted octanol–water partition coefficient (Wildman–Crippen LogP) is 3.77. The number of nitrogens with zero attached hydrogens (tertiary/aromatic N) is 2. The maximum Gasteiger partial charge on any atom is 0.293 e. The van der Waals surface area contributed by atoms with Gasteiger partial charge in [-0.3, -0.25) is 14.9 Å². The fourth-order valence-electron chi connectivity index (χ4n) is 1.78. The zero-order chi connectivity index (χ0) is 17.6. The van der Waals surface area contributed by atoms with Crippen LogP contribution < -0.4 is 10.6 Å². The average Bonchev–Trinajstić information content (AvgIpc) is 3.25. The zero-order valence-electron chi connectivity index (χ0n) is 12.6. The number of hydrogen-bond donors (Lipinski definition) is 2. The largest absolute Gasteiger partial charge is 0.459 e. The Morgan fingerprint density at radius 1 is 1.20 bits per heavy atom. The summed E-state index contributed by atoms with van der Waals surface area (Å²) in [6.45, 7) is 0. The average molecular weight is 395 g/mol. The molecule has 0 bridgehead atoms. The summed E-state index contributed by atoms with van der Waals surface area (Å²) in [5, 5.41) is 14.0. The van der Waals surface area contributed by atoms with E-state index in [0.29, 0.717) is 20.2 Å². The van der Waals surface area contributed by atoms with Gasteiger partial charge in [-0.1, -0.05) is 40.8 Å². The summed E-state index contributed by atoms with van der Waals surface area (Å²) in [6, 6.07) is 10.1. The Kier molecular flexibility index (Phi) is 5.69. The smallest absolute Gasteiger partial charge is 0.293 e. The second-order valence-electron chi connectivity index (χ2n) is 4.65. The highest BCUT2D eigenvalue weighted by atomic mass is 35.5. The highest BCUT2D eigenvalue weighted by Crippen LogP contribution is 2.26. The van der Waals surface area contributed by atoms with Crippen molar-refractivity contribution in [1.29, 1.82) is 0 Å². The Morgan fingerprint density at radius 2 is 2.08 bits per heavy atom. The van der Waals surface area contributed by atoms with E-state index in [-0.39, 0.29) is 17.4 Å². The van der Waals surface area contributed by atoms with E-state index in [9.17, 15) is 9.59 Å². The molecular weight excluding hydrogens is 384 g/mol. The van der Waals surface area contributed by atoms with E-state index in [2.05, 4.69) is 20.8 Å². The number of carbonyl (C=O) groups excluding carboxylic acids is 2. The quantitative estimate of drug-likeness (QED) is 0.488. The molecule has 1 aromatic carbocycles. The van der Waals surface area contributed by atoms with Crippen LogP contribution in [-0.4, -0.2) is 27.8 Å². The summed E-state index contributed by atoms with van der Waals surface area (Å²) < 4.78 is 5.56. The second kappa shape index (κ2) is 8.15. The lowest BCUT2D eigenvalue weighted by Gasteiger charge is -2.04. The zero-order valence-corrected chi connectivity index (χ0v) is 15.0. The second-order valence-corrected chi connectivity index (χ2v) is 7.29. The van der Waals surface area contributed by atoms with Crippen LogP contribution in [0, 0.1) is 0 Å². The number of aromatic nitrogens is 2. The molecule has 0 aliphatic heterocycles. The van der Waals surface area contributed by atoms with E-state index in [4.69, 9.17) is 16.0 Å². The van der Waals surface area contributed by atoms with Crippen molar-refractivity contribution >= 4 is 57.3 Å². The molecule has 25 heavy (non-hydrogen) atoms. The maximum absolute atomic E-state index is 11.9. The predicted molar refractivity (Wildman–Crippen MR) is 97.4 cm³/mol. The number of amides is 2. The summed E-state index contributed by atoms with van der Waals surface area (Å²) >= 11 is 8.27. The van der Waals surface area contributed by atoms with Crippen LogP contribution in [-0.2, 0) is 4.79 Å². The van der Waals surface area contributed by atoms with Crippen molar-refractivity contribution < 1.29 is 14.0 Å². The van der Waals surface area contributed by atoms with Crippen LogP contribution >= 0.6 is 34.7 Å². The topological polar surface area (TPSA) is 97.1 Å². The first-order valence-electron chi connectivity index (χ1n) is 6.97. The lowest BCUT2D eigenvalue weighted by atomic mass is 10.3. The number of thioether (sulfide) groups is 1. The molecular formula is C15H11ClN4O3S2. The summed E-state index contributed by atoms with van der Waals surface area (Å²) in [7, 11) is 0. The number of hydrogen-bond acceptors (Lipinski definition) is 7. The summed E-state index contributed by atoms with van der Waals surface area (Å²) in [5.74, 6) is -0.252. The van der Waals surface area contributed by atoms with Gasteiger partial charge in [0.1, 0.15) is 0 Å². The molecule has 0 aliphatic rings. The molecule has 0 spiro atoms. The number of halogens is 1. The molecule has 2 aromatic heterocycles. The van der Waals surface area contributed by atoms with Gasteiger partial charge in [0.05, 0.1) is 12.0 Å². The summed E-state index contributed by atoms with van der Waals surface area (Å²) in [4.78, 5) is 23.8. The molecule has 7 nitrogen and oxygen atoms in total. The number of benzene rings is 1. The molecule has 3 rings (SSSR count). The third-order valence-corrected chi connectivity index (χ3v) is 5.01. The van der Waals surface area contributed by atoms with Gasteiger partial charge in [0.25, 0.3) is 5.91 Å². The number of nitrogens with one attached hydrogen (secondary N) is 2. The fraction of sp³-hybridized carbons (Fsp3) is 0.0667. The van der Waals surface area contributed by atoms with Gasteiger partial charge in [0.15, 0.2) is 10.1 Å². The molecule has 10 heteroatoms.